The van der Waals surface area contributed by atoms with Gasteiger partial charge in [-0.05, 0) is 18.7 Å². The molecule has 7 nitrogen and oxygen atoms in total. The highest BCUT2D eigenvalue weighted by Crippen LogP contribution is 2.26. The molecule has 0 aromatic heterocycles. The number of carbonyl (C=O) groups is 1. The van der Waals surface area contributed by atoms with E-state index in [9.17, 15) is 14.9 Å². The molecule has 1 aliphatic rings. The van der Waals surface area contributed by atoms with Gasteiger partial charge in [0, 0.05) is 50.5 Å². The van der Waals surface area contributed by atoms with Crippen LogP contribution in [0.5, 0.6) is 0 Å². The predicted molar refractivity (Wildman–Crippen MR) is 80.6 cm³/mol. The van der Waals surface area contributed by atoms with Crippen molar-refractivity contribution < 1.29 is 9.72 Å². The van der Waals surface area contributed by atoms with E-state index in [1.807, 2.05) is 13.1 Å². The standard InChI is InChI=1S/C14H20N4O3/c1-15-11-12-10-13(18(20)21)2-3-14(12)17-6-4-16(5-7-17)8-9-19/h2-3,9-10,15H,4-8,11H2,1H3. The first-order chi connectivity index (χ1) is 10.2. The van der Waals surface area contributed by atoms with E-state index in [-0.39, 0.29) is 10.6 Å². The largest absolute Gasteiger partial charge is 0.369 e. The lowest BCUT2D eigenvalue weighted by Gasteiger charge is -2.36. The molecule has 0 amide bonds. The van der Waals surface area contributed by atoms with Gasteiger partial charge in [-0.15, -0.1) is 0 Å². The van der Waals surface area contributed by atoms with Crippen molar-refractivity contribution in [2.75, 3.05) is 44.7 Å². The Morgan fingerprint density at radius 2 is 2.05 bits per heavy atom. The van der Waals surface area contributed by atoms with Gasteiger partial charge in [-0.25, -0.2) is 0 Å². The van der Waals surface area contributed by atoms with Crippen LogP contribution in [0.15, 0.2) is 18.2 Å². The number of nitro benzene ring substituents is 1. The van der Waals surface area contributed by atoms with Crippen LogP contribution in [0.1, 0.15) is 5.56 Å². The molecule has 0 bridgehead atoms. The lowest BCUT2D eigenvalue weighted by Crippen LogP contribution is -2.47. The Kier molecular flexibility index (Phi) is 5.24. The zero-order valence-corrected chi connectivity index (χ0v) is 12.1. The normalized spacial score (nSPS) is 16.0. The maximum Gasteiger partial charge on any atom is 0.269 e. The van der Waals surface area contributed by atoms with Gasteiger partial charge >= 0.3 is 0 Å². The molecular weight excluding hydrogens is 272 g/mol. The highest BCUT2D eigenvalue weighted by atomic mass is 16.6. The Labute approximate surface area is 123 Å². The van der Waals surface area contributed by atoms with Crippen molar-refractivity contribution in [3.05, 3.63) is 33.9 Å². The second-order valence-corrected chi connectivity index (χ2v) is 5.05. The third-order valence-corrected chi connectivity index (χ3v) is 3.69. The molecule has 21 heavy (non-hydrogen) atoms. The van der Waals surface area contributed by atoms with Crippen molar-refractivity contribution in [3.8, 4) is 0 Å². The maximum absolute atomic E-state index is 10.9. The Morgan fingerprint density at radius 3 is 2.62 bits per heavy atom. The smallest absolute Gasteiger partial charge is 0.269 e. The summed E-state index contributed by atoms with van der Waals surface area (Å²) in [5.74, 6) is 0. The maximum atomic E-state index is 10.9. The molecule has 0 radical (unpaired) electrons. The molecule has 1 N–H and O–H groups in total. The number of nitrogens with one attached hydrogen (secondary N) is 1. The molecule has 1 aromatic carbocycles. The molecule has 1 aromatic rings. The van der Waals surface area contributed by atoms with Crippen molar-refractivity contribution in [1.29, 1.82) is 0 Å². The van der Waals surface area contributed by atoms with Crippen molar-refractivity contribution in [3.63, 3.8) is 0 Å². The van der Waals surface area contributed by atoms with Crippen molar-refractivity contribution in [2.45, 2.75) is 6.54 Å². The molecular formula is C14H20N4O3. The summed E-state index contributed by atoms with van der Waals surface area (Å²) in [6.45, 7) is 4.36. The van der Waals surface area contributed by atoms with E-state index in [4.69, 9.17) is 0 Å². The SMILES string of the molecule is CNCc1cc([N+](=O)[O-])ccc1N1CCN(CC=O)CC1. The van der Waals surface area contributed by atoms with Crippen LogP contribution in [0, 0.1) is 10.1 Å². The number of rotatable bonds is 6. The molecule has 2 rings (SSSR count). The summed E-state index contributed by atoms with van der Waals surface area (Å²) in [6, 6.07) is 5.00. The number of hydrogen-bond donors (Lipinski definition) is 1. The van der Waals surface area contributed by atoms with Gasteiger partial charge in [0.05, 0.1) is 11.5 Å². The summed E-state index contributed by atoms with van der Waals surface area (Å²) in [4.78, 5) is 25.4. The third-order valence-electron chi connectivity index (χ3n) is 3.69. The number of benzene rings is 1. The fraction of sp³-hybridized carbons (Fsp3) is 0.500. The van der Waals surface area contributed by atoms with E-state index >= 15 is 0 Å². The molecule has 1 fully saturated rings. The molecule has 0 unspecified atom stereocenters. The van der Waals surface area contributed by atoms with E-state index in [2.05, 4.69) is 15.1 Å². The summed E-state index contributed by atoms with van der Waals surface area (Å²) in [6.07, 6.45) is 0.925. The third kappa shape index (κ3) is 3.77. The summed E-state index contributed by atoms with van der Waals surface area (Å²) in [5, 5.41) is 13.9. The zero-order valence-electron chi connectivity index (χ0n) is 12.1. The van der Waals surface area contributed by atoms with E-state index in [1.54, 1.807) is 12.1 Å². The number of hydrogen-bond acceptors (Lipinski definition) is 6. The van der Waals surface area contributed by atoms with Gasteiger partial charge in [0.15, 0.2) is 0 Å². The number of nitrogens with zero attached hydrogens (tertiary/aromatic N) is 3. The summed E-state index contributed by atoms with van der Waals surface area (Å²) < 4.78 is 0. The predicted octanol–water partition coefficient (Wildman–Crippen LogP) is 0.635. The molecule has 0 atom stereocenters. The molecule has 0 saturated carbocycles. The first kappa shape index (κ1) is 15.4. The van der Waals surface area contributed by atoms with E-state index in [0.29, 0.717) is 13.1 Å². The lowest BCUT2D eigenvalue weighted by molar-refractivity contribution is -0.384. The van der Waals surface area contributed by atoms with Crippen LogP contribution in [0.25, 0.3) is 0 Å². The molecule has 114 valence electrons. The first-order valence-electron chi connectivity index (χ1n) is 6.98. The van der Waals surface area contributed by atoms with Gasteiger partial charge in [-0.3, -0.25) is 15.0 Å². The highest BCUT2D eigenvalue weighted by molar-refractivity contribution is 5.58. The summed E-state index contributed by atoms with van der Waals surface area (Å²) in [7, 11) is 1.82. The Morgan fingerprint density at radius 1 is 1.33 bits per heavy atom. The molecule has 1 saturated heterocycles. The van der Waals surface area contributed by atoms with Gasteiger partial charge in [0.2, 0.25) is 0 Å². The van der Waals surface area contributed by atoms with Crippen molar-refractivity contribution in [1.82, 2.24) is 10.2 Å². The van der Waals surface area contributed by atoms with Crippen LogP contribution in [0.2, 0.25) is 0 Å². The van der Waals surface area contributed by atoms with Crippen LogP contribution >= 0.6 is 0 Å². The number of non-ortho nitro benzene ring substituents is 1. The fourth-order valence-electron chi connectivity index (χ4n) is 2.60. The second-order valence-electron chi connectivity index (χ2n) is 5.05. The van der Waals surface area contributed by atoms with Gasteiger partial charge in [-0.1, -0.05) is 0 Å². The van der Waals surface area contributed by atoms with Gasteiger partial charge < -0.3 is 15.0 Å². The zero-order chi connectivity index (χ0) is 15.2. The summed E-state index contributed by atoms with van der Waals surface area (Å²) >= 11 is 0. The Bertz CT molecular complexity index is 513. The number of piperazine rings is 1. The molecule has 1 heterocycles. The Hall–Kier alpha value is -1.99. The molecule has 7 heteroatoms. The van der Waals surface area contributed by atoms with E-state index < -0.39 is 0 Å². The van der Waals surface area contributed by atoms with Crippen LogP contribution < -0.4 is 10.2 Å². The van der Waals surface area contributed by atoms with E-state index in [1.165, 1.54) is 0 Å². The number of anilines is 1. The van der Waals surface area contributed by atoms with E-state index in [0.717, 1.165) is 43.7 Å². The topological polar surface area (TPSA) is 78.7 Å². The minimum Gasteiger partial charge on any atom is -0.369 e. The summed E-state index contributed by atoms with van der Waals surface area (Å²) in [5.41, 5.74) is 2.07. The monoisotopic (exact) mass is 292 g/mol. The molecule has 0 spiro atoms. The van der Waals surface area contributed by atoms with Crippen LogP contribution in [-0.4, -0.2) is 55.9 Å². The van der Waals surface area contributed by atoms with Gasteiger partial charge in [-0.2, -0.15) is 0 Å². The average Bonchev–Trinajstić information content (AvgIpc) is 2.49. The average molecular weight is 292 g/mol. The quantitative estimate of drug-likeness (QED) is 0.471. The molecule has 1 aliphatic heterocycles. The van der Waals surface area contributed by atoms with Gasteiger partial charge in [0.1, 0.15) is 6.29 Å². The lowest BCUT2D eigenvalue weighted by atomic mass is 10.1. The van der Waals surface area contributed by atoms with Crippen LogP contribution in [-0.2, 0) is 11.3 Å². The van der Waals surface area contributed by atoms with Crippen LogP contribution in [0.4, 0.5) is 11.4 Å². The fourth-order valence-corrected chi connectivity index (χ4v) is 2.60. The highest BCUT2D eigenvalue weighted by Gasteiger charge is 2.20. The van der Waals surface area contributed by atoms with Crippen LogP contribution in [0.3, 0.4) is 0 Å². The number of nitro groups is 1. The first-order valence-corrected chi connectivity index (χ1v) is 6.98. The van der Waals surface area contributed by atoms with Crippen molar-refractivity contribution in [2.24, 2.45) is 0 Å². The second kappa shape index (κ2) is 7.14. The number of carbonyl (C=O) groups excluding carboxylic acids is 1. The number of aldehydes is 1. The molecule has 0 aliphatic carbocycles. The van der Waals surface area contributed by atoms with Crippen molar-refractivity contribution >= 4 is 17.7 Å². The van der Waals surface area contributed by atoms with Gasteiger partial charge in [0.25, 0.3) is 5.69 Å². The Balaban J connectivity index is 2.15. The minimum atomic E-state index is -0.370. The minimum absolute atomic E-state index is 0.114.